The fourth-order valence-corrected chi connectivity index (χ4v) is 3.95. The Morgan fingerprint density at radius 1 is 1.43 bits per heavy atom. The van der Waals surface area contributed by atoms with E-state index >= 15 is 0 Å². The Morgan fingerprint density at radius 3 is 2.91 bits per heavy atom. The Bertz CT molecular complexity index is 485. The van der Waals surface area contributed by atoms with Gasteiger partial charge in [-0.3, -0.25) is 9.69 Å². The predicted molar refractivity (Wildman–Crippen MR) is 89.7 cm³/mol. The Labute approximate surface area is 141 Å². The van der Waals surface area contributed by atoms with Crippen molar-refractivity contribution in [2.75, 3.05) is 59.7 Å². The topological polar surface area (TPSA) is 54.0 Å². The smallest absolute Gasteiger partial charge is 0.241 e. The minimum atomic E-state index is -0.220. The molecule has 1 amide bonds. The Kier molecular flexibility index (Phi) is 6.02. The van der Waals surface area contributed by atoms with Gasteiger partial charge in [-0.2, -0.15) is 0 Å². The van der Waals surface area contributed by atoms with E-state index in [-0.39, 0.29) is 18.0 Å². The van der Waals surface area contributed by atoms with Crippen LogP contribution in [0.4, 0.5) is 0 Å². The number of likely N-dealkylation sites (N-methyl/N-ethyl adjacent to an activating group) is 1. The van der Waals surface area contributed by atoms with E-state index in [0.29, 0.717) is 19.8 Å². The Hall–Kier alpha value is -0.990. The van der Waals surface area contributed by atoms with E-state index in [1.165, 1.54) is 4.88 Å². The van der Waals surface area contributed by atoms with Crippen molar-refractivity contribution >= 4 is 17.2 Å². The average molecular weight is 339 g/mol. The highest BCUT2D eigenvalue weighted by atomic mass is 32.1. The first-order valence-corrected chi connectivity index (χ1v) is 9.05. The second-order valence-corrected chi connectivity index (χ2v) is 6.96. The first-order valence-electron chi connectivity index (χ1n) is 8.17. The molecular formula is C16H25N3O3S. The fourth-order valence-electron chi connectivity index (χ4n) is 3.09. The van der Waals surface area contributed by atoms with Crippen molar-refractivity contribution in [3.05, 3.63) is 22.4 Å². The van der Waals surface area contributed by atoms with Crippen molar-refractivity contribution in [1.82, 2.24) is 15.1 Å². The molecule has 2 saturated heterocycles. The first kappa shape index (κ1) is 16.9. The number of carbonyl (C=O) groups excluding carboxylic acids is 1. The van der Waals surface area contributed by atoms with E-state index in [0.717, 1.165) is 32.8 Å². The van der Waals surface area contributed by atoms with E-state index in [2.05, 4.69) is 27.7 Å². The van der Waals surface area contributed by atoms with Crippen LogP contribution < -0.4 is 5.32 Å². The van der Waals surface area contributed by atoms with Gasteiger partial charge in [0, 0.05) is 38.1 Å². The SMILES string of the molecule is CN(CC(c1cccs1)N1CCOCC1)C(=O)C1COCCN1. The number of hydrogen-bond acceptors (Lipinski definition) is 6. The van der Waals surface area contributed by atoms with Gasteiger partial charge in [-0.05, 0) is 11.4 Å². The molecular weight excluding hydrogens is 314 g/mol. The van der Waals surface area contributed by atoms with Gasteiger partial charge in [-0.15, -0.1) is 11.3 Å². The van der Waals surface area contributed by atoms with Crippen molar-refractivity contribution in [2.24, 2.45) is 0 Å². The van der Waals surface area contributed by atoms with Gasteiger partial charge in [0.2, 0.25) is 5.91 Å². The van der Waals surface area contributed by atoms with Crippen LogP contribution in [0.25, 0.3) is 0 Å². The van der Waals surface area contributed by atoms with Crippen molar-refractivity contribution in [1.29, 1.82) is 0 Å². The highest BCUT2D eigenvalue weighted by Gasteiger charge is 2.29. The average Bonchev–Trinajstić information content (AvgIpc) is 3.14. The summed E-state index contributed by atoms with van der Waals surface area (Å²) in [6.07, 6.45) is 0. The minimum Gasteiger partial charge on any atom is -0.379 e. The Morgan fingerprint density at radius 2 is 2.26 bits per heavy atom. The molecule has 6 nitrogen and oxygen atoms in total. The second-order valence-electron chi connectivity index (χ2n) is 5.98. The van der Waals surface area contributed by atoms with Crippen LogP contribution in [0.5, 0.6) is 0 Å². The summed E-state index contributed by atoms with van der Waals surface area (Å²) < 4.78 is 10.9. The standard InChI is InChI=1S/C16H25N3O3S/c1-18(16(20)13-12-22-7-4-17-13)11-14(15-3-2-10-23-15)19-5-8-21-9-6-19/h2-3,10,13-14,17H,4-9,11-12H2,1H3. The summed E-state index contributed by atoms with van der Waals surface area (Å²) in [5.41, 5.74) is 0. The summed E-state index contributed by atoms with van der Waals surface area (Å²) in [6.45, 7) is 5.92. The normalized spacial score (nSPS) is 24.3. The molecule has 0 aromatic carbocycles. The van der Waals surface area contributed by atoms with Crippen LogP contribution in [-0.4, -0.2) is 81.4 Å². The monoisotopic (exact) mass is 339 g/mol. The third-order valence-corrected chi connectivity index (χ3v) is 5.37. The summed E-state index contributed by atoms with van der Waals surface area (Å²) in [5.74, 6) is 0.111. The van der Waals surface area contributed by atoms with Gasteiger partial charge >= 0.3 is 0 Å². The molecule has 128 valence electrons. The zero-order valence-corrected chi connectivity index (χ0v) is 14.4. The van der Waals surface area contributed by atoms with E-state index in [1.54, 1.807) is 11.3 Å². The van der Waals surface area contributed by atoms with Crippen molar-refractivity contribution in [3.63, 3.8) is 0 Å². The molecule has 1 aromatic rings. The number of nitrogens with zero attached hydrogens (tertiary/aromatic N) is 2. The summed E-state index contributed by atoms with van der Waals surface area (Å²) in [7, 11) is 1.89. The number of morpholine rings is 2. The fraction of sp³-hybridized carbons (Fsp3) is 0.688. The van der Waals surface area contributed by atoms with Crippen molar-refractivity contribution in [2.45, 2.75) is 12.1 Å². The van der Waals surface area contributed by atoms with E-state index in [4.69, 9.17) is 9.47 Å². The van der Waals surface area contributed by atoms with Crippen LogP contribution in [-0.2, 0) is 14.3 Å². The number of hydrogen-bond donors (Lipinski definition) is 1. The highest BCUT2D eigenvalue weighted by molar-refractivity contribution is 7.10. The van der Waals surface area contributed by atoms with Gasteiger partial charge in [0.1, 0.15) is 6.04 Å². The van der Waals surface area contributed by atoms with Gasteiger partial charge in [0.25, 0.3) is 0 Å². The number of nitrogens with one attached hydrogen (secondary N) is 1. The first-order chi connectivity index (χ1) is 11.3. The molecule has 7 heteroatoms. The zero-order valence-electron chi connectivity index (χ0n) is 13.6. The molecule has 0 saturated carbocycles. The zero-order chi connectivity index (χ0) is 16.1. The third kappa shape index (κ3) is 4.30. The molecule has 0 radical (unpaired) electrons. The quantitative estimate of drug-likeness (QED) is 0.850. The number of amides is 1. The molecule has 2 atom stereocenters. The van der Waals surface area contributed by atoms with Crippen LogP contribution in [0.2, 0.25) is 0 Å². The molecule has 0 bridgehead atoms. The summed E-state index contributed by atoms with van der Waals surface area (Å²) >= 11 is 1.75. The summed E-state index contributed by atoms with van der Waals surface area (Å²) in [6, 6.07) is 4.25. The van der Waals surface area contributed by atoms with Gasteiger partial charge in [0.05, 0.1) is 32.5 Å². The summed E-state index contributed by atoms with van der Waals surface area (Å²) in [4.78, 5) is 18.2. The largest absolute Gasteiger partial charge is 0.379 e. The van der Waals surface area contributed by atoms with Crippen LogP contribution in [0.3, 0.4) is 0 Å². The van der Waals surface area contributed by atoms with Crippen LogP contribution in [0.15, 0.2) is 17.5 Å². The molecule has 2 aliphatic rings. The maximum atomic E-state index is 12.6. The Balaban J connectivity index is 1.66. The third-order valence-electron chi connectivity index (χ3n) is 4.40. The summed E-state index contributed by atoms with van der Waals surface area (Å²) in [5, 5.41) is 5.34. The highest BCUT2D eigenvalue weighted by Crippen LogP contribution is 2.26. The van der Waals surface area contributed by atoms with Crippen LogP contribution in [0, 0.1) is 0 Å². The van der Waals surface area contributed by atoms with Gasteiger partial charge in [-0.25, -0.2) is 0 Å². The number of thiophene rings is 1. The van der Waals surface area contributed by atoms with Gasteiger partial charge in [0.15, 0.2) is 0 Å². The lowest BCUT2D eigenvalue weighted by Crippen LogP contribution is -2.53. The van der Waals surface area contributed by atoms with Gasteiger partial charge < -0.3 is 19.7 Å². The number of carbonyl (C=O) groups is 1. The molecule has 2 unspecified atom stereocenters. The second kappa shape index (κ2) is 8.21. The maximum absolute atomic E-state index is 12.6. The minimum absolute atomic E-state index is 0.111. The molecule has 0 aliphatic carbocycles. The number of ether oxygens (including phenoxy) is 2. The molecule has 1 aromatic heterocycles. The molecule has 0 spiro atoms. The van der Waals surface area contributed by atoms with Crippen LogP contribution in [0.1, 0.15) is 10.9 Å². The molecule has 23 heavy (non-hydrogen) atoms. The van der Waals surface area contributed by atoms with E-state index < -0.39 is 0 Å². The predicted octanol–water partition coefficient (Wildman–Crippen LogP) is 0.568. The lowest BCUT2D eigenvalue weighted by Gasteiger charge is -2.37. The molecule has 3 rings (SSSR count). The van der Waals surface area contributed by atoms with E-state index in [1.807, 2.05) is 11.9 Å². The molecule has 2 fully saturated rings. The van der Waals surface area contributed by atoms with Crippen molar-refractivity contribution < 1.29 is 14.3 Å². The molecule has 1 N–H and O–H groups in total. The van der Waals surface area contributed by atoms with Crippen molar-refractivity contribution in [3.8, 4) is 0 Å². The maximum Gasteiger partial charge on any atom is 0.241 e. The van der Waals surface area contributed by atoms with E-state index in [9.17, 15) is 4.79 Å². The van der Waals surface area contributed by atoms with Crippen LogP contribution >= 0.6 is 11.3 Å². The molecule has 3 heterocycles. The molecule has 2 aliphatic heterocycles. The lowest BCUT2D eigenvalue weighted by molar-refractivity contribution is -0.136. The number of rotatable bonds is 5. The lowest BCUT2D eigenvalue weighted by atomic mass is 10.1. The van der Waals surface area contributed by atoms with Gasteiger partial charge in [-0.1, -0.05) is 6.07 Å².